The van der Waals surface area contributed by atoms with Gasteiger partial charge in [0.25, 0.3) is 0 Å². The van der Waals surface area contributed by atoms with Crippen LogP contribution < -0.4 is 4.90 Å². The Morgan fingerprint density at radius 2 is 1.15 bits per heavy atom. The second-order valence-corrected chi connectivity index (χ2v) is 7.26. The summed E-state index contributed by atoms with van der Waals surface area (Å²) in [5.41, 5.74) is 5.53. The summed E-state index contributed by atoms with van der Waals surface area (Å²) in [5, 5.41) is 29.6. The lowest BCUT2D eigenvalue weighted by Crippen LogP contribution is -2.46. The van der Waals surface area contributed by atoms with E-state index >= 15 is 0 Å². The number of piperazine rings is 1. The number of carbonyl (C=O) groups is 4. The number of rotatable bonds is 3. The van der Waals surface area contributed by atoms with E-state index in [4.69, 9.17) is 39.6 Å². The van der Waals surface area contributed by atoms with Gasteiger partial charge in [0.1, 0.15) is 0 Å². The summed E-state index contributed by atoms with van der Waals surface area (Å²) in [6.45, 7) is 9.94. The molecule has 10 heteroatoms. The maximum Gasteiger partial charge on any atom is 0.414 e. The fourth-order valence-electron chi connectivity index (χ4n) is 3.02. The topological polar surface area (TPSA) is 156 Å². The highest BCUT2D eigenvalue weighted by Crippen LogP contribution is 2.21. The largest absolute Gasteiger partial charge is 0.473 e. The average molecular weight is 460 g/mol. The summed E-state index contributed by atoms with van der Waals surface area (Å²) >= 11 is 0. The van der Waals surface area contributed by atoms with Gasteiger partial charge in [-0.2, -0.15) is 0 Å². The van der Waals surface area contributed by atoms with Gasteiger partial charge in [-0.05, 0) is 31.0 Å². The van der Waals surface area contributed by atoms with Gasteiger partial charge in [0, 0.05) is 38.4 Å². The Labute approximate surface area is 191 Å². The molecule has 1 saturated heterocycles. The molecule has 178 valence electrons. The van der Waals surface area contributed by atoms with Crippen LogP contribution in [-0.4, -0.2) is 75.4 Å². The molecule has 10 nitrogen and oxygen atoms in total. The molecule has 0 radical (unpaired) electrons. The van der Waals surface area contributed by atoms with Crippen molar-refractivity contribution in [3.8, 4) is 0 Å². The van der Waals surface area contributed by atoms with Crippen molar-refractivity contribution in [3.63, 3.8) is 0 Å². The highest BCUT2D eigenvalue weighted by molar-refractivity contribution is 6.27. The number of hydrogen-bond acceptors (Lipinski definition) is 6. The first-order chi connectivity index (χ1) is 15.5. The normalized spacial score (nSPS) is 13.0. The second kappa shape index (κ2) is 13.5. The SMILES string of the molecule is Cc1ccc(CN2CCN(c3ccccc3C)CC2)cc1.O=C(O)C(=O)O.O=C(O)C(=O)O. The Balaban J connectivity index is 0.000000377. The smallest absolute Gasteiger partial charge is 0.414 e. The number of benzene rings is 2. The van der Waals surface area contributed by atoms with Crippen molar-refractivity contribution in [2.24, 2.45) is 0 Å². The van der Waals surface area contributed by atoms with Gasteiger partial charge in [0.05, 0.1) is 0 Å². The van der Waals surface area contributed by atoms with Crippen LogP contribution in [0.3, 0.4) is 0 Å². The third-order valence-corrected chi connectivity index (χ3v) is 4.72. The predicted molar refractivity (Wildman–Crippen MR) is 120 cm³/mol. The Kier molecular flexibility index (Phi) is 11.1. The van der Waals surface area contributed by atoms with Gasteiger partial charge in [-0.1, -0.05) is 48.0 Å². The van der Waals surface area contributed by atoms with Crippen LogP contribution in [0.1, 0.15) is 16.7 Å². The molecule has 3 rings (SSSR count). The minimum atomic E-state index is -1.82. The molecule has 1 fully saturated rings. The highest BCUT2D eigenvalue weighted by atomic mass is 16.4. The van der Waals surface area contributed by atoms with E-state index in [1.54, 1.807) is 0 Å². The molecule has 1 aliphatic rings. The van der Waals surface area contributed by atoms with Crippen molar-refractivity contribution in [1.29, 1.82) is 0 Å². The first-order valence-corrected chi connectivity index (χ1v) is 10.0. The number of aliphatic carboxylic acids is 4. The summed E-state index contributed by atoms with van der Waals surface area (Å²) < 4.78 is 0. The quantitative estimate of drug-likeness (QED) is 0.499. The molecule has 4 N–H and O–H groups in total. The van der Waals surface area contributed by atoms with Gasteiger partial charge in [0.2, 0.25) is 0 Å². The third kappa shape index (κ3) is 10.3. The van der Waals surface area contributed by atoms with Crippen molar-refractivity contribution in [1.82, 2.24) is 4.90 Å². The summed E-state index contributed by atoms with van der Waals surface area (Å²) in [4.78, 5) is 41.5. The summed E-state index contributed by atoms with van der Waals surface area (Å²) in [5.74, 6) is -7.30. The zero-order valence-corrected chi connectivity index (χ0v) is 18.5. The van der Waals surface area contributed by atoms with E-state index in [0.29, 0.717) is 0 Å². The number of nitrogens with zero attached hydrogens (tertiary/aromatic N) is 2. The van der Waals surface area contributed by atoms with E-state index in [1.165, 1.54) is 22.4 Å². The second-order valence-electron chi connectivity index (χ2n) is 7.26. The predicted octanol–water partition coefficient (Wildman–Crippen LogP) is 1.94. The maximum absolute atomic E-state index is 9.10. The fourth-order valence-corrected chi connectivity index (χ4v) is 3.02. The Bertz CT molecular complexity index is 903. The molecule has 2 aromatic rings. The van der Waals surface area contributed by atoms with Crippen LogP contribution >= 0.6 is 0 Å². The number of aryl methyl sites for hydroxylation is 2. The first-order valence-electron chi connectivity index (χ1n) is 10.0. The van der Waals surface area contributed by atoms with Crippen molar-refractivity contribution >= 4 is 29.6 Å². The van der Waals surface area contributed by atoms with E-state index in [0.717, 1.165) is 32.7 Å². The standard InChI is InChI=1S/C19H24N2.2C2H2O4/c1-16-7-9-18(10-8-16)15-20-11-13-21(14-12-20)19-6-4-3-5-17(19)2;2*3-1(4)2(5)6/h3-10H,11-15H2,1-2H3;2*(H,3,4)(H,5,6). The van der Waals surface area contributed by atoms with E-state index in [2.05, 4.69) is 72.2 Å². The molecule has 1 heterocycles. The van der Waals surface area contributed by atoms with Gasteiger partial charge in [-0.3, -0.25) is 4.90 Å². The van der Waals surface area contributed by atoms with Gasteiger partial charge >= 0.3 is 23.9 Å². The molecule has 0 amide bonds. The molecule has 1 aliphatic heterocycles. The van der Waals surface area contributed by atoms with Crippen LogP contribution in [-0.2, 0) is 25.7 Å². The molecular formula is C23H28N2O8. The highest BCUT2D eigenvalue weighted by Gasteiger charge is 2.18. The molecule has 0 spiro atoms. The molecule has 2 aromatic carbocycles. The van der Waals surface area contributed by atoms with Crippen molar-refractivity contribution in [2.75, 3.05) is 31.1 Å². The molecule has 0 atom stereocenters. The molecule has 0 bridgehead atoms. The number of hydrogen-bond donors (Lipinski definition) is 4. The Hall–Kier alpha value is -3.92. The average Bonchev–Trinajstić information content (AvgIpc) is 2.77. The Morgan fingerprint density at radius 3 is 1.58 bits per heavy atom. The molecule has 0 aliphatic carbocycles. The summed E-state index contributed by atoms with van der Waals surface area (Å²) in [6, 6.07) is 17.6. The van der Waals surface area contributed by atoms with Crippen molar-refractivity contribution in [3.05, 3.63) is 65.2 Å². The lowest BCUT2D eigenvalue weighted by Gasteiger charge is -2.36. The molecule has 33 heavy (non-hydrogen) atoms. The Morgan fingerprint density at radius 1 is 0.697 bits per heavy atom. The van der Waals surface area contributed by atoms with Crippen molar-refractivity contribution < 1.29 is 39.6 Å². The van der Waals surface area contributed by atoms with Gasteiger partial charge in [-0.25, -0.2) is 19.2 Å². The zero-order chi connectivity index (χ0) is 25.0. The van der Waals surface area contributed by atoms with Crippen LogP contribution in [0, 0.1) is 13.8 Å². The van der Waals surface area contributed by atoms with Gasteiger partial charge < -0.3 is 25.3 Å². The van der Waals surface area contributed by atoms with Crippen LogP contribution in [0.25, 0.3) is 0 Å². The minimum absolute atomic E-state index is 1.07. The van der Waals surface area contributed by atoms with E-state index in [1.807, 2.05) is 0 Å². The number of anilines is 1. The molecular weight excluding hydrogens is 432 g/mol. The van der Waals surface area contributed by atoms with Gasteiger partial charge in [0.15, 0.2) is 0 Å². The molecule has 0 unspecified atom stereocenters. The summed E-state index contributed by atoms with van der Waals surface area (Å²) in [7, 11) is 0. The van der Waals surface area contributed by atoms with Gasteiger partial charge in [-0.15, -0.1) is 0 Å². The lowest BCUT2D eigenvalue weighted by atomic mass is 10.1. The van der Waals surface area contributed by atoms with E-state index in [-0.39, 0.29) is 0 Å². The summed E-state index contributed by atoms with van der Waals surface area (Å²) in [6.07, 6.45) is 0. The van der Waals surface area contributed by atoms with E-state index < -0.39 is 23.9 Å². The third-order valence-electron chi connectivity index (χ3n) is 4.72. The molecule has 0 saturated carbocycles. The first kappa shape index (κ1) is 27.1. The number of para-hydroxylation sites is 1. The number of carboxylic acids is 4. The monoisotopic (exact) mass is 460 g/mol. The molecule has 0 aromatic heterocycles. The van der Waals surface area contributed by atoms with Crippen LogP contribution in [0.15, 0.2) is 48.5 Å². The number of carboxylic acid groups (broad SMARTS) is 4. The fraction of sp³-hybridized carbons (Fsp3) is 0.304. The lowest BCUT2D eigenvalue weighted by molar-refractivity contribution is -0.159. The minimum Gasteiger partial charge on any atom is -0.473 e. The van der Waals surface area contributed by atoms with Crippen LogP contribution in [0.2, 0.25) is 0 Å². The van der Waals surface area contributed by atoms with Crippen molar-refractivity contribution in [2.45, 2.75) is 20.4 Å². The maximum atomic E-state index is 9.10. The van der Waals surface area contributed by atoms with Crippen LogP contribution in [0.4, 0.5) is 5.69 Å². The van der Waals surface area contributed by atoms with E-state index in [9.17, 15) is 0 Å². The van der Waals surface area contributed by atoms with Crippen LogP contribution in [0.5, 0.6) is 0 Å². The zero-order valence-electron chi connectivity index (χ0n) is 18.5.